The normalized spacial score (nSPS) is 12.9. The van der Waals surface area contributed by atoms with E-state index in [9.17, 15) is 0 Å². The zero-order valence-corrected chi connectivity index (χ0v) is 20.4. The van der Waals surface area contributed by atoms with E-state index in [1.165, 1.54) is 11.1 Å². The number of hydrogen-bond donors (Lipinski definition) is 2. The SMILES string of the molecule is CCCOCCOCCN.CN1CCc2cc(Cl)cc(Cl)c2C1.Sc1ccccc1. The van der Waals surface area contributed by atoms with Crippen LogP contribution in [-0.2, 0) is 22.4 Å². The Balaban J connectivity index is 0.000000237. The number of fused-ring (bicyclic) bond motifs is 1. The van der Waals surface area contributed by atoms with Crippen LogP contribution in [0.15, 0.2) is 47.4 Å². The molecule has 0 saturated heterocycles. The Hall–Kier alpha value is -0.790. The van der Waals surface area contributed by atoms with Gasteiger partial charge in [0.15, 0.2) is 0 Å². The van der Waals surface area contributed by atoms with Gasteiger partial charge in [0.25, 0.3) is 0 Å². The van der Waals surface area contributed by atoms with Crippen molar-refractivity contribution in [1.82, 2.24) is 4.90 Å². The summed E-state index contributed by atoms with van der Waals surface area (Å²) in [5, 5.41) is 1.54. The minimum Gasteiger partial charge on any atom is -0.379 e. The first-order valence-electron chi connectivity index (χ1n) is 10.2. The molecular formula is C23H34Cl2N2O2S. The number of halogens is 2. The summed E-state index contributed by atoms with van der Waals surface area (Å²) in [6.45, 7) is 7.51. The lowest BCUT2D eigenvalue weighted by molar-refractivity contribution is 0.0510. The van der Waals surface area contributed by atoms with E-state index in [1.54, 1.807) is 0 Å². The Bertz CT molecular complexity index is 697. The zero-order chi connectivity index (χ0) is 22.2. The second-order valence-corrected chi connectivity index (χ2v) is 8.22. The van der Waals surface area contributed by atoms with E-state index in [-0.39, 0.29) is 0 Å². The van der Waals surface area contributed by atoms with E-state index in [4.69, 9.17) is 38.4 Å². The third kappa shape index (κ3) is 12.2. The van der Waals surface area contributed by atoms with Gasteiger partial charge < -0.3 is 20.1 Å². The van der Waals surface area contributed by atoms with Crippen molar-refractivity contribution in [2.45, 2.75) is 31.2 Å². The molecule has 1 aliphatic rings. The minimum absolute atomic E-state index is 0.591. The maximum Gasteiger partial charge on any atom is 0.0701 e. The molecule has 0 spiro atoms. The number of likely N-dealkylation sites (N-methyl/N-ethyl adjacent to an activating group) is 1. The van der Waals surface area contributed by atoms with Crippen LogP contribution in [-0.4, -0.2) is 51.5 Å². The van der Waals surface area contributed by atoms with Crippen molar-refractivity contribution in [2.75, 3.05) is 46.6 Å². The standard InChI is InChI=1S/C10H11Cl2N.C7H17NO2.C6H6S/c1-13-3-2-7-4-8(11)5-10(12)9(7)6-13;1-2-4-9-6-7-10-5-3-8;7-6-4-2-1-3-5-6/h4-5H,2-3,6H2,1H3;2-8H2,1H3;1-5,7H. The van der Waals surface area contributed by atoms with Crippen molar-refractivity contribution >= 4 is 35.8 Å². The molecule has 0 bridgehead atoms. The Kier molecular flexibility index (Phi) is 15.3. The van der Waals surface area contributed by atoms with Crippen LogP contribution in [0.1, 0.15) is 24.5 Å². The van der Waals surface area contributed by atoms with E-state index in [0.29, 0.717) is 26.4 Å². The van der Waals surface area contributed by atoms with Gasteiger partial charge in [0, 0.05) is 41.2 Å². The fourth-order valence-corrected chi connectivity index (χ4v) is 3.46. The zero-order valence-electron chi connectivity index (χ0n) is 17.9. The van der Waals surface area contributed by atoms with Gasteiger partial charge in [-0.15, -0.1) is 12.6 Å². The van der Waals surface area contributed by atoms with E-state index in [2.05, 4.69) is 31.5 Å². The molecule has 0 fully saturated rings. The van der Waals surface area contributed by atoms with Gasteiger partial charge in [-0.2, -0.15) is 0 Å². The summed E-state index contributed by atoms with van der Waals surface area (Å²) in [5.41, 5.74) is 7.74. The van der Waals surface area contributed by atoms with Gasteiger partial charge in [0.05, 0.1) is 19.8 Å². The van der Waals surface area contributed by atoms with Crippen molar-refractivity contribution in [1.29, 1.82) is 0 Å². The molecule has 0 amide bonds. The molecule has 0 radical (unpaired) electrons. The predicted octanol–water partition coefficient (Wildman–Crippen LogP) is 5.34. The molecule has 2 N–H and O–H groups in total. The lowest BCUT2D eigenvalue weighted by atomic mass is 10.0. The van der Waals surface area contributed by atoms with Gasteiger partial charge in [-0.05, 0) is 55.3 Å². The van der Waals surface area contributed by atoms with Crippen molar-refractivity contribution < 1.29 is 9.47 Å². The number of nitrogens with two attached hydrogens (primary N) is 1. The predicted molar refractivity (Wildman–Crippen MR) is 131 cm³/mol. The molecule has 7 heteroatoms. The van der Waals surface area contributed by atoms with Crippen molar-refractivity contribution in [2.24, 2.45) is 5.73 Å². The van der Waals surface area contributed by atoms with Gasteiger partial charge in [-0.3, -0.25) is 0 Å². The van der Waals surface area contributed by atoms with E-state index in [0.717, 1.165) is 47.5 Å². The topological polar surface area (TPSA) is 47.7 Å². The summed E-state index contributed by atoms with van der Waals surface area (Å²) in [7, 11) is 2.11. The number of rotatable bonds is 7. The van der Waals surface area contributed by atoms with Crippen LogP contribution in [0.2, 0.25) is 10.0 Å². The van der Waals surface area contributed by atoms with Crippen molar-refractivity contribution in [3.8, 4) is 0 Å². The highest BCUT2D eigenvalue weighted by Gasteiger charge is 2.16. The average Bonchev–Trinajstić information content (AvgIpc) is 2.73. The minimum atomic E-state index is 0.591. The molecule has 3 rings (SSSR count). The molecule has 0 aromatic heterocycles. The summed E-state index contributed by atoms with van der Waals surface area (Å²) < 4.78 is 10.2. The Labute approximate surface area is 197 Å². The first-order chi connectivity index (χ1) is 14.5. The molecule has 0 unspecified atom stereocenters. The Morgan fingerprint density at radius 1 is 1.03 bits per heavy atom. The molecule has 1 aliphatic heterocycles. The average molecular weight is 474 g/mol. The fraction of sp³-hybridized carbons (Fsp3) is 0.478. The van der Waals surface area contributed by atoms with Crippen LogP contribution in [0.5, 0.6) is 0 Å². The highest BCUT2D eigenvalue weighted by molar-refractivity contribution is 7.80. The fourth-order valence-electron chi connectivity index (χ4n) is 2.69. The van der Waals surface area contributed by atoms with E-state index < -0.39 is 0 Å². The summed E-state index contributed by atoms with van der Waals surface area (Å²) in [6.07, 6.45) is 2.11. The third-order valence-electron chi connectivity index (χ3n) is 4.18. The molecule has 2 aromatic rings. The van der Waals surface area contributed by atoms with E-state index in [1.807, 2.05) is 42.5 Å². The molecule has 168 valence electrons. The molecule has 0 atom stereocenters. The van der Waals surface area contributed by atoms with Gasteiger partial charge in [-0.1, -0.05) is 48.3 Å². The van der Waals surface area contributed by atoms with Crippen LogP contribution in [0.25, 0.3) is 0 Å². The van der Waals surface area contributed by atoms with Gasteiger partial charge in [0.2, 0.25) is 0 Å². The summed E-state index contributed by atoms with van der Waals surface area (Å²) in [4.78, 5) is 3.28. The Morgan fingerprint density at radius 2 is 1.70 bits per heavy atom. The highest BCUT2D eigenvalue weighted by atomic mass is 35.5. The number of nitrogens with zero attached hydrogens (tertiary/aromatic N) is 1. The van der Waals surface area contributed by atoms with Crippen molar-refractivity contribution in [3.63, 3.8) is 0 Å². The number of hydrogen-bond acceptors (Lipinski definition) is 5. The molecule has 1 heterocycles. The Morgan fingerprint density at radius 3 is 2.27 bits per heavy atom. The molecular weight excluding hydrogens is 439 g/mol. The largest absolute Gasteiger partial charge is 0.379 e. The second kappa shape index (κ2) is 16.8. The van der Waals surface area contributed by atoms with Crippen LogP contribution < -0.4 is 5.73 Å². The summed E-state index contributed by atoms with van der Waals surface area (Å²) in [6, 6.07) is 13.6. The quantitative estimate of drug-likeness (QED) is 0.421. The number of ether oxygens (including phenoxy) is 2. The van der Waals surface area contributed by atoms with Crippen LogP contribution in [0, 0.1) is 0 Å². The van der Waals surface area contributed by atoms with Gasteiger partial charge >= 0.3 is 0 Å². The molecule has 4 nitrogen and oxygen atoms in total. The molecule has 2 aromatic carbocycles. The van der Waals surface area contributed by atoms with E-state index >= 15 is 0 Å². The van der Waals surface area contributed by atoms with Gasteiger partial charge in [0.1, 0.15) is 0 Å². The highest BCUT2D eigenvalue weighted by Crippen LogP contribution is 2.29. The maximum atomic E-state index is 6.10. The monoisotopic (exact) mass is 472 g/mol. The smallest absolute Gasteiger partial charge is 0.0701 e. The first-order valence-corrected chi connectivity index (χ1v) is 11.4. The lowest BCUT2D eigenvalue weighted by Gasteiger charge is -2.25. The lowest BCUT2D eigenvalue weighted by Crippen LogP contribution is -2.26. The summed E-state index contributed by atoms with van der Waals surface area (Å²) in [5.74, 6) is 0. The third-order valence-corrected chi connectivity index (χ3v) is 5.04. The maximum absolute atomic E-state index is 6.10. The summed E-state index contributed by atoms with van der Waals surface area (Å²) >= 11 is 16.1. The number of thiol groups is 1. The van der Waals surface area contributed by atoms with Crippen LogP contribution in [0.3, 0.4) is 0 Å². The molecule has 0 saturated carbocycles. The van der Waals surface area contributed by atoms with Gasteiger partial charge in [-0.25, -0.2) is 0 Å². The first kappa shape index (κ1) is 27.2. The second-order valence-electron chi connectivity index (χ2n) is 6.86. The van der Waals surface area contributed by atoms with Crippen LogP contribution >= 0.6 is 35.8 Å². The molecule has 30 heavy (non-hydrogen) atoms. The molecule has 0 aliphatic carbocycles. The van der Waals surface area contributed by atoms with Crippen LogP contribution in [0.4, 0.5) is 0 Å². The number of benzene rings is 2. The van der Waals surface area contributed by atoms with Crippen molar-refractivity contribution in [3.05, 3.63) is 63.6 Å².